The molecule has 0 aliphatic heterocycles. The van der Waals surface area contributed by atoms with Gasteiger partial charge in [-0.15, -0.1) is 0 Å². The molecule has 7 heteroatoms. The lowest BCUT2D eigenvalue weighted by atomic mass is 10.0. The maximum Gasteiger partial charge on any atom is 0.257 e. The van der Waals surface area contributed by atoms with Crippen LogP contribution in [0.5, 0.6) is 0 Å². The van der Waals surface area contributed by atoms with E-state index in [9.17, 15) is 18.4 Å². The Bertz CT molecular complexity index is 542. The molecule has 5 nitrogen and oxygen atoms in total. The molecule has 1 rings (SSSR count). The van der Waals surface area contributed by atoms with Gasteiger partial charge in [0, 0.05) is 12.6 Å². The number of hydrogen-bond acceptors (Lipinski definition) is 3. The van der Waals surface area contributed by atoms with Crippen LogP contribution in [0.4, 0.5) is 8.78 Å². The van der Waals surface area contributed by atoms with Gasteiger partial charge < -0.3 is 16.4 Å². The van der Waals surface area contributed by atoms with Crippen LogP contribution in [0.15, 0.2) is 18.2 Å². The topological polar surface area (TPSA) is 84.2 Å². The Morgan fingerprint density at radius 2 is 1.74 bits per heavy atom. The minimum Gasteiger partial charge on any atom is -0.354 e. The van der Waals surface area contributed by atoms with Crippen LogP contribution in [0.25, 0.3) is 0 Å². The van der Waals surface area contributed by atoms with Crippen molar-refractivity contribution in [2.75, 3.05) is 6.54 Å². The van der Waals surface area contributed by atoms with E-state index in [2.05, 4.69) is 10.6 Å². The summed E-state index contributed by atoms with van der Waals surface area (Å²) in [6.45, 7) is 5.64. The van der Waals surface area contributed by atoms with Gasteiger partial charge in [0.2, 0.25) is 5.91 Å². The Hall–Kier alpha value is -2.02. The molecule has 0 radical (unpaired) electrons. The maximum atomic E-state index is 13.6. The summed E-state index contributed by atoms with van der Waals surface area (Å²) in [7, 11) is 0. The molecular formula is C16H23F2N3O2. The van der Waals surface area contributed by atoms with Crippen LogP contribution in [0.3, 0.4) is 0 Å². The van der Waals surface area contributed by atoms with Crippen LogP contribution < -0.4 is 16.4 Å². The molecule has 2 amide bonds. The molecule has 0 spiro atoms. The third-order valence-corrected chi connectivity index (χ3v) is 3.32. The summed E-state index contributed by atoms with van der Waals surface area (Å²) in [5.41, 5.74) is 4.91. The van der Waals surface area contributed by atoms with Crippen molar-refractivity contribution in [3.8, 4) is 0 Å². The van der Waals surface area contributed by atoms with E-state index in [0.717, 1.165) is 12.1 Å². The molecule has 0 aliphatic rings. The minimum absolute atomic E-state index is 0.0603. The maximum absolute atomic E-state index is 13.6. The summed E-state index contributed by atoms with van der Waals surface area (Å²) < 4.78 is 27.3. The highest BCUT2D eigenvalue weighted by Crippen LogP contribution is 2.13. The number of nitrogens with one attached hydrogen (secondary N) is 2. The van der Waals surface area contributed by atoms with E-state index < -0.39 is 35.1 Å². The Balaban J connectivity index is 2.79. The van der Waals surface area contributed by atoms with Gasteiger partial charge in [0.15, 0.2) is 0 Å². The second kappa shape index (κ2) is 8.57. The van der Waals surface area contributed by atoms with E-state index >= 15 is 0 Å². The smallest absolute Gasteiger partial charge is 0.257 e. The minimum atomic E-state index is -0.970. The summed E-state index contributed by atoms with van der Waals surface area (Å²) in [6.07, 6.45) is 0.590. The zero-order valence-electron chi connectivity index (χ0n) is 13.5. The first-order chi connectivity index (χ1) is 10.7. The highest BCUT2D eigenvalue weighted by molar-refractivity contribution is 5.98. The fourth-order valence-electron chi connectivity index (χ4n) is 2.00. The number of carbonyl (C=O) groups excluding carboxylic acids is 2. The molecule has 0 saturated carbocycles. The quantitative estimate of drug-likeness (QED) is 0.711. The van der Waals surface area contributed by atoms with E-state index in [1.54, 1.807) is 13.8 Å². The third-order valence-electron chi connectivity index (χ3n) is 3.32. The summed E-state index contributed by atoms with van der Waals surface area (Å²) in [5, 5.41) is 5.05. The monoisotopic (exact) mass is 327 g/mol. The summed E-state index contributed by atoms with van der Waals surface area (Å²) in [6, 6.07) is 2.20. The van der Waals surface area contributed by atoms with E-state index in [-0.39, 0.29) is 12.0 Å². The molecular weight excluding hydrogens is 304 g/mol. The number of benzene rings is 1. The molecule has 0 heterocycles. The third kappa shape index (κ3) is 5.59. The largest absolute Gasteiger partial charge is 0.354 e. The number of rotatable bonds is 7. The van der Waals surface area contributed by atoms with Gasteiger partial charge in [-0.05, 0) is 31.4 Å². The van der Waals surface area contributed by atoms with Crippen LogP contribution in [0, 0.1) is 17.6 Å². The summed E-state index contributed by atoms with van der Waals surface area (Å²) in [4.78, 5) is 24.2. The van der Waals surface area contributed by atoms with Gasteiger partial charge in [-0.2, -0.15) is 0 Å². The predicted octanol–water partition coefficient (Wildman–Crippen LogP) is 1.57. The number of carbonyl (C=O) groups is 2. The molecule has 0 fully saturated rings. The fraction of sp³-hybridized carbons (Fsp3) is 0.500. The lowest BCUT2D eigenvalue weighted by molar-refractivity contribution is -0.123. The lowest BCUT2D eigenvalue weighted by Gasteiger charge is -2.22. The van der Waals surface area contributed by atoms with Gasteiger partial charge in [0.05, 0.1) is 0 Å². The van der Waals surface area contributed by atoms with Crippen LogP contribution in [0.1, 0.15) is 37.6 Å². The van der Waals surface area contributed by atoms with Gasteiger partial charge in [0.25, 0.3) is 5.91 Å². The molecule has 1 aromatic carbocycles. The molecule has 2 atom stereocenters. The van der Waals surface area contributed by atoms with Crippen molar-refractivity contribution < 1.29 is 18.4 Å². The van der Waals surface area contributed by atoms with Crippen molar-refractivity contribution in [3.63, 3.8) is 0 Å². The zero-order chi connectivity index (χ0) is 17.6. The molecule has 0 bridgehead atoms. The Morgan fingerprint density at radius 1 is 1.17 bits per heavy atom. The number of hydrogen-bond donors (Lipinski definition) is 3. The molecule has 0 aliphatic carbocycles. The SMILES string of the molecule is CC(N)CCNC(=O)C(NC(=O)c1c(F)cccc1F)C(C)C. The predicted molar refractivity (Wildman–Crippen MR) is 83.7 cm³/mol. The standard InChI is InChI=1S/C16H23F2N3O2/c1-9(2)14(16(23)20-8-7-10(3)19)21-15(22)13-11(17)5-4-6-12(13)18/h4-6,9-10,14H,7-8,19H2,1-3H3,(H,20,23)(H,21,22). The zero-order valence-corrected chi connectivity index (χ0v) is 13.5. The molecule has 2 unspecified atom stereocenters. The van der Waals surface area contributed by atoms with Crippen molar-refractivity contribution in [3.05, 3.63) is 35.4 Å². The summed E-state index contributed by atoms with van der Waals surface area (Å²) >= 11 is 0. The van der Waals surface area contributed by atoms with Crippen LogP contribution in [-0.2, 0) is 4.79 Å². The molecule has 23 heavy (non-hydrogen) atoms. The fourth-order valence-corrected chi connectivity index (χ4v) is 2.00. The highest BCUT2D eigenvalue weighted by Gasteiger charge is 2.27. The van der Waals surface area contributed by atoms with Gasteiger partial charge >= 0.3 is 0 Å². The van der Waals surface area contributed by atoms with E-state index in [1.807, 2.05) is 6.92 Å². The van der Waals surface area contributed by atoms with Gasteiger partial charge in [-0.3, -0.25) is 9.59 Å². The van der Waals surface area contributed by atoms with Crippen LogP contribution in [-0.4, -0.2) is 30.4 Å². The number of amides is 2. The Kier molecular flexibility index (Phi) is 7.09. The second-order valence-electron chi connectivity index (χ2n) is 5.85. The van der Waals surface area contributed by atoms with Crippen molar-refractivity contribution in [2.45, 2.75) is 39.3 Å². The van der Waals surface area contributed by atoms with Crippen molar-refractivity contribution >= 4 is 11.8 Å². The first-order valence-electron chi connectivity index (χ1n) is 7.52. The number of nitrogens with two attached hydrogens (primary N) is 1. The molecule has 4 N–H and O–H groups in total. The highest BCUT2D eigenvalue weighted by atomic mass is 19.1. The van der Waals surface area contributed by atoms with Crippen LogP contribution >= 0.6 is 0 Å². The van der Waals surface area contributed by atoms with Gasteiger partial charge in [0.1, 0.15) is 23.2 Å². The van der Waals surface area contributed by atoms with Crippen molar-refractivity contribution in [1.82, 2.24) is 10.6 Å². The van der Waals surface area contributed by atoms with E-state index in [1.165, 1.54) is 6.07 Å². The average molecular weight is 327 g/mol. The van der Waals surface area contributed by atoms with Crippen LogP contribution in [0.2, 0.25) is 0 Å². The van der Waals surface area contributed by atoms with Crippen molar-refractivity contribution in [1.29, 1.82) is 0 Å². The average Bonchev–Trinajstić information content (AvgIpc) is 2.43. The molecule has 0 saturated heterocycles. The van der Waals surface area contributed by atoms with Gasteiger partial charge in [-0.25, -0.2) is 8.78 Å². The Morgan fingerprint density at radius 3 is 2.22 bits per heavy atom. The molecule has 1 aromatic rings. The van der Waals surface area contributed by atoms with E-state index in [4.69, 9.17) is 5.73 Å². The number of halogens is 2. The Labute approximate surface area is 134 Å². The van der Waals surface area contributed by atoms with Crippen molar-refractivity contribution in [2.24, 2.45) is 11.7 Å². The normalized spacial score (nSPS) is 13.5. The van der Waals surface area contributed by atoms with E-state index in [0.29, 0.717) is 13.0 Å². The lowest BCUT2D eigenvalue weighted by Crippen LogP contribution is -2.50. The molecule has 128 valence electrons. The molecule has 0 aromatic heterocycles. The first-order valence-corrected chi connectivity index (χ1v) is 7.52. The summed E-state index contributed by atoms with van der Waals surface area (Å²) in [5.74, 6) is -3.55. The first kappa shape index (κ1) is 19.0. The van der Waals surface area contributed by atoms with Gasteiger partial charge in [-0.1, -0.05) is 19.9 Å². The second-order valence-corrected chi connectivity index (χ2v) is 5.85.